The molecule has 136 heavy (non-hydrogen) atoms. The van der Waals surface area contributed by atoms with Crippen LogP contribution in [0, 0.1) is 5.92 Å². The lowest BCUT2D eigenvalue weighted by Gasteiger charge is -2.42. The minimum Gasteiger partial charge on any atom is -0.508 e. The van der Waals surface area contributed by atoms with Crippen LogP contribution in [-0.4, -0.2) is 222 Å². The van der Waals surface area contributed by atoms with Gasteiger partial charge in [0.05, 0.1) is 23.3 Å². The number of rotatable bonds is 26. The molecule has 2 fully saturated rings. The molecule has 8 aromatic rings. The van der Waals surface area contributed by atoms with Gasteiger partial charge in [0.25, 0.3) is 0 Å². The Balaban J connectivity index is 0.969. The average Bonchev–Trinajstić information content (AvgIpc) is 0.759. The van der Waals surface area contributed by atoms with Gasteiger partial charge in [-0.3, -0.25) is 38.4 Å². The number of hydrogen-bond donors (Lipinski definition) is 22. The summed E-state index contributed by atoms with van der Waals surface area (Å²) in [5, 5.41) is 153. The molecule has 0 aliphatic carbocycles. The molecular formula is C95H107Cl2N11O28. The predicted octanol–water partition coefficient (Wildman–Crippen LogP) is 5.28. The second-order valence-corrected chi connectivity index (χ2v) is 35.1. The van der Waals surface area contributed by atoms with E-state index in [0.29, 0.717) is 50.4 Å². The summed E-state index contributed by atoms with van der Waals surface area (Å²) in [6.07, 6.45) is -14.3. The van der Waals surface area contributed by atoms with Gasteiger partial charge in [0.15, 0.2) is 23.0 Å². The second kappa shape index (κ2) is 44.7. The Labute approximate surface area is 788 Å². The van der Waals surface area contributed by atoms with Crippen LogP contribution in [-0.2, 0) is 72.0 Å². The molecule has 2 saturated heterocycles. The molecule has 16 rings (SSSR count). The number of aliphatic hydroxyl groups is 7. The van der Waals surface area contributed by atoms with Crippen molar-refractivity contribution in [3.63, 3.8) is 0 Å². The van der Waals surface area contributed by atoms with Crippen molar-refractivity contribution < 1.29 is 137 Å². The van der Waals surface area contributed by atoms with E-state index < -0.39 is 251 Å². The molecule has 8 aliphatic rings. The third-order valence-electron chi connectivity index (χ3n) is 23.8. The smallest absolute Gasteiger partial charge is 0.408 e. The third kappa shape index (κ3) is 23.8. The van der Waals surface area contributed by atoms with Gasteiger partial charge in [-0.25, -0.2) is 4.79 Å². The standard InChI is InChI=1S/C95H107Cl2N11O28/c1-45(2)13-6-3-4-9-16-72(115)103-79-82(118)80(116)70(42-109)134-93(79)136-85-68-37-52-38-69(85)132-65-24-18-48(30-59(65)97)32-61-87(122)107-78(88(123)100-28-12-27-99-26-11-10-25-98)57-40-54(112)41-67(133-94-84(120)83(119)81(117)71(43-110)135-94)73(57)56-35-49(19-21-62(56)113)74(89(124)101-61)105-92(127)77(52)106-91(126)76-51-33-53(111)39-55(34-51)130-66-36-50(20-22-63(66)114)75(108-95(128)129-44-46-14-7-5-8-15-46)90(125)102-60(86(121)104-76)31-47-17-23-64(131-68)58(96)29-47/h5,7-8,14-15,17-24,29-30,33-41,45,60-61,70-71,74-84,93-94,99,109-114,116-120H,3-4,6,9-13,16,25-28,31-32,42-44,98H2,1-2H3,(H,100,123)(H,101,124)(H,102,125)(H,103,115)(H,104,121)(H,105,127)(H,106,126)(H,107,122)(H,108,128)/t60-,61+,70-,71-,74-,75+,76+,77-,78+,79-,80-,81-,82-,83+,84+,93+,94+/m1/s1. The normalized spacial score (nSPS) is 24.3. The number of carbonyl (C=O) groups is 9. The summed E-state index contributed by atoms with van der Waals surface area (Å²) in [6, 6.07) is 14.7. The van der Waals surface area contributed by atoms with E-state index in [1.54, 1.807) is 30.3 Å². The molecule has 39 nitrogen and oxygen atoms in total. The number of ether oxygens (including phenoxy) is 8. The summed E-state index contributed by atoms with van der Waals surface area (Å²) >= 11 is 14.7. The number of unbranched alkanes of at least 4 members (excludes halogenated alkanes) is 4. The first-order valence-corrected chi connectivity index (χ1v) is 45.3. The van der Waals surface area contributed by atoms with E-state index in [0.717, 1.165) is 98.8 Å². The van der Waals surface area contributed by atoms with Gasteiger partial charge in [-0.15, -0.1) is 0 Å². The Bertz CT molecular complexity index is 5730. The number of benzene rings is 8. The number of carbonyl (C=O) groups excluding carboxylic acids is 9. The van der Waals surface area contributed by atoms with Gasteiger partial charge in [-0.1, -0.05) is 117 Å². The number of phenols is 4. The van der Waals surface area contributed by atoms with Crippen LogP contribution in [0.15, 0.2) is 146 Å². The molecule has 0 saturated carbocycles. The Morgan fingerprint density at radius 3 is 1.74 bits per heavy atom. The quantitative estimate of drug-likeness (QED) is 0.0307. The Hall–Kier alpha value is -12.9. The van der Waals surface area contributed by atoms with Crippen LogP contribution in [0.2, 0.25) is 10.0 Å². The van der Waals surface area contributed by atoms with Gasteiger partial charge in [-0.2, -0.15) is 0 Å². The summed E-state index contributed by atoms with van der Waals surface area (Å²) in [6.45, 7) is 3.34. The zero-order valence-corrected chi connectivity index (χ0v) is 75.2. The highest BCUT2D eigenvalue weighted by Crippen LogP contribution is 2.51. The maximum Gasteiger partial charge on any atom is 0.408 e. The number of alkyl carbamates (subject to hydrolysis) is 1. The van der Waals surface area contributed by atoms with Crippen LogP contribution in [0.1, 0.15) is 146 Å². The fourth-order valence-corrected chi connectivity index (χ4v) is 17.1. The molecular weight excluding hydrogens is 1810 g/mol. The number of nitrogens with two attached hydrogens (primary N) is 1. The Morgan fingerprint density at radius 2 is 1.09 bits per heavy atom. The summed E-state index contributed by atoms with van der Waals surface area (Å²) in [7, 11) is 0. The molecule has 0 aromatic heterocycles. The first-order valence-electron chi connectivity index (χ1n) is 44.5. The van der Waals surface area contributed by atoms with Gasteiger partial charge >= 0.3 is 6.09 Å². The maximum absolute atomic E-state index is 17.0. The van der Waals surface area contributed by atoms with Crippen molar-refractivity contribution in [3.8, 4) is 80.1 Å². The molecule has 9 amide bonds. The molecule has 8 aromatic carbocycles. The predicted molar refractivity (Wildman–Crippen MR) is 484 cm³/mol. The number of amides is 9. The zero-order chi connectivity index (χ0) is 96.9. The number of fused-ring (bicyclic) bond motifs is 14. The lowest BCUT2D eigenvalue weighted by Crippen LogP contribution is -2.65. The topological polar surface area (TPSA) is 596 Å². The first-order chi connectivity index (χ1) is 65.3. The number of phenolic OH excluding ortho intramolecular Hbond substituents is 4. The number of halogens is 2. The van der Waals surface area contributed by atoms with E-state index in [4.69, 9.17) is 66.8 Å². The number of aliphatic hydroxyl groups excluding tert-OH is 7. The van der Waals surface area contributed by atoms with E-state index in [2.05, 4.69) is 67.0 Å². The number of aromatic hydroxyl groups is 4. The van der Waals surface area contributed by atoms with Crippen LogP contribution >= 0.6 is 23.2 Å². The van der Waals surface area contributed by atoms with E-state index in [9.17, 15) is 65.8 Å². The van der Waals surface area contributed by atoms with Crippen molar-refractivity contribution in [2.75, 3.05) is 39.4 Å². The molecule has 724 valence electrons. The van der Waals surface area contributed by atoms with Crippen LogP contribution in [0.5, 0.6) is 69.0 Å². The van der Waals surface area contributed by atoms with Gasteiger partial charge in [0.2, 0.25) is 65.6 Å². The first kappa shape index (κ1) is 99.1. The molecule has 0 spiro atoms. The molecule has 17 atom stereocenters. The zero-order valence-electron chi connectivity index (χ0n) is 73.7. The van der Waals surface area contributed by atoms with E-state index in [1.165, 1.54) is 48.5 Å². The van der Waals surface area contributed by atoms with Crippen molar-refractivity contribution in [2.24, 2.45) is 11.7 Å². The van der Waals surface area contributed by atoms with E-state index >= 15 is 33.6 Å². The number of hydrogen-bond acceptors (Lipinski definition) is 30. The van der Waals surface area contributed by atoms with E-state index in [1.807, 2.05) is 0 Å². The molecule has 0 unspecified atom stereocenters. The minimum atomic E-state index is -2.40. The number of nitrogens with one attached hydrogen (secondary N) is 10. The van der Waals surface area contributed by atoms with Crippen LogP contribution in [0.25, 0.3) is 11.1 Å². The summed E-state index contributed by atoms with van der Waals surface area (Å²) < 4.78 is 50.8. The Morgan fingerprint density at radius 1 is 0.507 bits per heavy atom. The average molecular weight is 1920 g/mol. The molecule has 17 bridgehead atoms. The lowest BCUT2D eigenvalue weighted by molar-refractivity contribution is -0.277. The van der Waals surface area contributed by atoms with Crippen LogP contribution in [0.4, 0.5) is 4.79 Å². The van der Waals surface area contributed by atoms with Crippen LogP contribution in [0.3, 0.4) is 0 Å². The summed E-state index contributed by atoms with van der Waals surface area (Å²) in [5.74, 6) is -15.1. The lowest BCUT2D eigenvalue weighted by atomic mass is 9.89. The molecule has 8 aliphatic heterocycles. The monoisotopic (exact) mass is 1920 g/mol. The Kier molecular flexibility index (Phi) is 32.6. The minimum absolute atomic E-state index is 0.0648. The molecule has 0 radical (unpaired) electrons. The van der Waals surface area contributed by atoms with Gasteiger partial charge in [0, 0.05) is 49.1 Å². The summed E-state index contributed by atoms with van der Waals surface area (Å²) in [4.78, 5) is 141. The molecule has 41 heteroatoms. The fourth-order valence-electron chi connectivity index (χ4n) is 16.6. The van der Waals surface area contributed by atoms with Gasteiger partial charge < -0.3 is 153 Å². The fraction of sp³-hybridized carbons (Fsp3) is 0.400. The maximum atomic E-state index is 17.0. The van der Waals surface area contributed by atoms with Crippen LogP contribution < -0.4 is 82.6 Å². The molecule has 8 heterocycles. The summed E-state index contributed by atoms with van der Waals surface area (Å²) in [5.41, 5.74) is 4.10. The van der Waals surface area contributed by atoms with Crippen molar-refractivity contribution in [1.29, 1.82) is 0 Å². The highest BCUT2D eigenvalue weighted by Gasteiger charge is 2.50. The third-order valence-corrected chi connectivity index (χ3v) is 24.4. The van der Waals surface area contributed by atoms with Crippen molar-refractivity contribution >= 4 is 76.6 Å². The van der Waals surface area contributed by atoms with Crippen molar-refractivity contribution in [1.82, 2.24) is 53.2 Å². The van der Waals surface area contributed by atoms with Gasteiger partial charge in [0.1, 0.15) is 138 Å². The largest absolute Gasteiger partial charge is 0.508 e. The SMILES string of the molecule is CC(C)CCCCCCC(=O)N[C@H]1[C@H](Oc2c3cc4cc2Oc2ccc(cc2Cl)C[C@H]2NC(=O)[C@@H](NC(=O)OCc5ccccc5)c5ccc(O)c(c5)Oc5cc(O)cc(c5)[C@H](NC2=O)C(=O)N[C@H]4C(=O)N[C@H]2C(=O)N[C@@H](Cc4ccc(c(Cl)c4)O3)C(=O)N[C@H](C(=O)NCCCNCCCCN)c3cc(O)cc(O[C@H]4O[C@H](CO)[C@@H](O)[C@H](O)[C@@H]4O)c3-c3cc2ccc3O)O[C@H](CO)[C@@H](O)[C@@H]1O. The van der Waals surface area contributed by atoms with Gasteiger partial charge in [-0.05, 0) is 175 Å². The highest BCUT2D eigenvalue weighted by molar-refractivity contribution is 6.32. The molecule has 23 N–H and O–H groups in total. The highest BCUT2D eigenvalue weighted by atomic mass is 35.5. The van der Waals surface area contributed by atoms with E-state index in [-0.39, 0.29) is 80.2 Å². The van der Waals surface area contributed by atoms with Crippen molar-refractivity contribution in [3.05, 3.63) is 200 Å². The van der Waals surface area contributed by atoms with Crippen molar-refractivity contribution in [2.45, 2.75) is 195 Å². The second-order valence-electron chi connectivity index (χ2n) is 34.3.